The molecule has 1 aliphatic carbocycles. The van der Waals surface area contributed by atoms with E-state index >= 15 is 0 Å². The molecule has 1 fully saturated rings. The summed E-state index contributed by atoms with van der Waals surface area (Å²) >= 11 is 0. The number of aromatic nitrogens is 4. The zero-order valence-electron chi connectivity index (χ0n) is 20.7. The molecule has 6 rings (SSSR count). The van der Waals surface area contributed by atoms with E-state index < -0.39 is 0 Å². The normalized spacial score (nSPS) is 17.5. The van der Waals surface area contributed by atoms with E-state index in [0.29, 0.717) is 5.56 Å². The van der Waals surface area contributed by atoms with E-state index in [1.807, 2.05) is 65.8 Å². The monoisotopic (exact) mass is 488 g/mol. The Bertz CT molecular complexity index is 1600. The number of rotatable bonds is 5. The zero-order valence-corrected chi connectivity index (χ0v) is 20.7. The molecule has 37 heavy (non-hydrogen) atoms. The Morgan fingerprint density at radius 3 is 2.59 bits per heavy atom. The zero-order chi connectivity index (χ0) is 25.4. The van der Waals surface area contributed by atoms with Gasteiger partial charge in [-0.25, -0.2) is 9.97 Å². The lowest BCUT2D eigenvalue weighted by atomic mass is 9.93. The number of hydrogen-bond donors (Lipinski definition) is 2. The lowest BCUT2D eigenvalue weighted by Gasteiger charge is -2.27. The first kappa shape index (κ1) is 23.0. The van der Waals surface area contributed by atoms with E-state index in [-0.39, 0.29) is 12.1 Å². The van der Waals surface area contributed by atoms with E-state index in [9.17, 15) is 10.4 Å². The van der Waals surface area contributed by atoms with Crippen molar-refractivity contribution in [1.82, 2.24) is 19.1 Å². The van der Waals surface area contributed by atoms with Crippen LogP contribution < -0.4 is 5.32 Å². The van der Waals surface area contributed by atoms with Crippen LogP contribution in [0.1, 0.15) is 36.8 Å². The van der Waals surface area contributed by atoms with Crippen LogP contribution in [0, 0.1) is 18.3 Å². The maximum absolute atomic E-state index is 9.86. The van der Waals surface area contributed by atoms with Crippen molar-refractivity contribution in [2.45, 2.75) is 44.8 Å². The molecule has 1 aliphatic rings. The van der Waals surface area contributed by atoms with Gasteiger partial charge in [-0.3, -0.25) is 0 Å². The Hall–Kier alpha value is -4.41. The average Bonchev–Trinajstić information content (AvgIpc) is 3.56. The molecule has 0 atom stereocenters. The fourth-order valence-electron chi connectivity index (χ4n) is 5.28. The van der Waals surface area contributed by atoms with Crippen LogP contribution in [0.3, 0.4) is 0 Å². The van der Waals surface area contributed by atoms with Crippen LogP contribution in [-0.4, -0.2) is 36.4 Å². The van der Waals surface area contributed by atoms with Gasteiger partial charge in [-0.1, -0.05) is 30.3 Å². The molecule has 3 heterocycles. The number of aliphatic hydroxyl groups is 1. The molecule has 0 aliphatic heterocycles. The summed E-state index contributed by atoms with van der Waals surface area (Å²) in [7, 11) is 0. The molecular formula is C30H28N6O. The first-order chi connectivity index (χ1) is 18.1. The Morgan fingerprint density at radius 1 is 1.00 bits per heavy atom. The van der Waals surface area contributed by atoms with Crippen molar-refractivity contribution in [3.8, 4) is 28.7 Å². The number of aryl methyl sites for hydroxylation is 1. The van der Waals surface area contributed by atoms with E-state index in [1.54, 1.807) is 0 Å². The second-order valence-corrected chi connectivity index (χ2v) is 9.73. The molecule has 1 saturated carbocycles. The van der Waals surface area contributed by atoms with E-state index in [0.717, 1.165) is 70.6 Å². The maximum atomic E-state index is 9.86. The molecule has 0 amide bonds. The van der Waals surface area contributed by atoms with Gasteiger partial charge >= 0.3 is 0 Å². The minimum atomic E-state index is -0.214. The molecule has 3 aromatic heterocycles. The highest BCUT2D eigenvalue weighted by molar-refractivity contribution is 5.90. The van der Waals surface area contributed by atoms with Crippen molar-refractivity contribution in [3.05, 3.63) is 90.6 Å². The molecule has 0 unspecified atom stereocenters. The molecule has 7 nitrogen and oxygen atoms in total. The van der Waals surface area contributed by atoms with Gasteiger partial charge in [-0.05, 0) is 62.4 Å². The smallest absolute Gasteiger partial charge is 0.146 e. The summed E-state index contributed by atoms with van der Waals surface area (Å²) in [6.07, 6.45) is 11.0. The first-order valence-corrected chi connectivity index (χ1v) is 12.7. The predicted molar refractivity (Wildman–Crippen MR) is 145 cm³/mol. The van der Waals surface area contributed by atoms with Crippen molar-refractivity contribution < 1.29 is 5.11 Å². The summed E-state index contributed by atoms with van der Waals surface area (Å²) < 4.78 is 4.13. The van der Waals surface area contributed by atoms with Crippen molar-refractivity contribution in [1.29, 1.82) is 5.26 Å². The lowest BCUT2D eigenvalue weighted by Crippen LogP contribution is -2.28. The minimum absolute atomic E-state index is 0.214. The van der Waals surface area contributed by atoms with Gasteiger partial charge in [-0.2, -0.15) is 5.26 Å². The number of nitrogens with one attached hydrogen (secondary N) is 1. The third-order valence-corrected chi connectivity index (χ3v) is 7.24. The number of anilines is 1. The quantitative estimate of drug-likeness (QED) is 0.328. The molecule has 2 N–H and O–H groups in total. The highest BCUT2D eigenvalue weighted by Crippen LogP contribution is 2.31. The van der Waals surface area contributed by atoms with Crippen LogP contribution in [0.25, 0.3) is 33.7 Å². The summed E-state index contributed by atoms with van der Waals surface area (Å²) in [5.41, 5.74) is 7.34. The molecule has 5 aromatic rings. The number of imidazole rings is 1. The van der Waals surface area contributed by atoms with Gasteiger partial charge in [0.05, 0.1) is 35.1 Å². The van der Waals surface area contributed by atoms with Crippen LogP contribution >= 0.6 is 0 Å². The number of hydrogen-bond acceptors (Lipinski definition) is 5. The SMILES string of the molecule is Cc1cn(-c2ccc(C#N)c(NC3CCC(O)CC3)c2)c2nccc(-n3cnc(-c4ccccc4)c3)c12. The fourth-order valence-corrected chi connectivity index (χ4v) is 5.28. The van der Waals surface area contributed by atoms with Gasteiger partial charge in [0, 0.05) is 41.3 Å². The molecule has 7 heteroatoms. The first-order valence-electron chi connectivity index (χ1n) is 12.7. The second kappa shape index (κ2) is 9.57. The van der Waals surface area contributed by atoms with Crippen molar-refractivity contribution >= 4 is 16.7 Å². The Balaban J connectivity index is 1.38. The molecule has 184 valence electrons. The van der Waals surface area contributed by atoms with Gasteiger partial charge in [0.15, 0.2) is 0 Å². The molecular weight excluding hydrogens is 460 g/mol. The highest BCUT2D eigenvalue weighted by atomic mass is 16.3. The van der Waals surface area contributed by atoms with Gasteiger partial charge in [-0.15, -0.1) is 0 Å². The second-order valence-electron chi connectivity index (χ2n) is 9.73. The van der Waals surface area contributed by atoms with Gasteiger partial charge in [0.25, 0.3) is 0 Å². The van der Waals surface area contributed by atoms with Gasteiger partial charge in [0.1, 0.15) is 11.7 Å². The Morgan fingerprint density at radius 2 is 1.81 bits per heavy atom. The van der Waals surface area contributed by atoms with Crippen LogP contribution in [0.15, 0.2) is 79.5 Å². The predicted octanol–water partition coefficient (Wildman–Crippen LogP) is 5.77. The minimum Gasteiger partial charge on any atom is -0.393 e. The molecule has 0 spiro atoms. The highest BCUT2D eigenvalue weighted by Gasteiger charge is 2.21. The number of nitriles is 1. The molecule has 0 radical (unpaired) electrons. The summed E-state index contributed by atoms with van der Waals surface area (Å²) in [5, 5.41) is 24.2. The Kier molecular flexibility index (Phi) is 5.95. The van der Waals surface area contributed by atoms with Crippen molar-refractivity contribution in [2.75, 3.05) is 5.32 Å². The third-order valence-electron chi connectivity index (χ3n) is 7.24. The number of pyridine rings is 1. The number of nitrogens with zero attached hydrogens (tertiary/aromatic N) is 5. The van der Waals surface area contributed by atoms with E-state index in [1.165, 1.54) is 0 Å². The summed E-state index contributed by atoms with van der Waals surface area (Å²) in [4.78, 5) is 9.38. The van der Waals surface area contributed by atoms with Crippen molar-refractivity contribution in [2.24, 2.45) is 0 Å². The third kappa shape index (κ3) is 4.37. The Labute approximate surface area is 215 Å². The molecule has 0 bridgehead atoms. The fraction of sp³-hybridized carbons (Fsp3) is 0.233. The lowest BCUT2D eigenvalue weighted by molar-refractivity contribution is 0.126. The average molecular weight is 489 g/mol. The van der Waals surface area contributed by atoms with E-state index in [2.05, 4.69) is 46.2 Å². The van der Waals surface area contributed by atoms with Crippen molar-refractivity contribution in [3.63, 3.8) is 0 Å². The summed E-state index contributed by atoms with van der Waals surface area (Å²) in [5.74, 6) is 0. The molecule has 2 aromatic carbocycles. The largest absolute Gasteiger partial charge is 0.393 e. The standard InChI is InChI=1S/C30H28N6O/c1-20-17-36(24-10-7-22(16-31)26(15-24)34-23-8-11-25(37)12-9-23)30-29(20)28(13-14-32-30)35-18-27(33-19-35)21-5-3-2-4-6-21/h2-7,10,13-15,17-19,23,25,34,37H,8-9,11-12H2,1H3. The van der Waals surface area contributed by atoms with E-state index in [4.69, 9.17) is 4.98 Å². The summed E-state index contributed by atoms with van der Waals surface area (Å²) in [6, 6.07) is 20.6. The number of benzene rings is 2. The summed E-state index contributed by atoms with van der Waals surface area (Å²) in [6.45, 7) is 2.09. The number of aliphatic hydroxyl groups excluding tert-OH is 1. The van der Waals surface area contributed by atoms with Gasteiger partial charge in [0.2, 0.25) is 0 Å². The van der Waals surface area contributed by atoms with Crippen LogP contribution in [0.2, 0.25) is 0 Å². The van der Waals surface area contributed by atoms with Crippen LogP contribution in [-0.2, 0) is 0 Å². The van der Waals surface area contributed by atoms with Crippen LogP contribution in [0.5, 0.6) is 0 Å². The van der Waals surface area contributed by atoms with Crippen LogP contribution in [0.4, 0.5) is 5.69 Å². The topological polar surface area (TPSA) is 91.7 Å². The molecule has 0 saturated heterocycles. The maximum Gasteiger partial charge on any atom is 0.146 e. The van der Waals surface area contributed by atoms with Gasteiger partial charge < -0.3 is 19.6 Å². The number of fused-ring (bicyclic) bond motifs is 1.